The normalized spacial score (nSPS) is 17.2. The molecule has 12 heteroatoms. The molecule has 1 saturated heterocycles. The van der Waals surface area contributed by atoms with Gasteiger partial charge in [0.2, 0.25) is 11.8 Å². The summed E-state index contributed by atoms with van der Waals surface area (Å²) in [6, 6.07) is 9.96. The van der Waals surface area contributed by atoms with Crippen molar-refractivity contribution in [2.75, 3.05) is 42.1 Å². The summed E-state index contributed by atoms with van der Waals surface area (Å²) in [6.45, 7) is -0.641. The minimum atomic E-state index is -0.717. The molecule has 11 nitrogen and oxygen atoms in total. The Bertz CT molecular complexity index is 1110. The van der Waals surface area contributed by atoms with E-state index in [1.807, 2.05) is 0 Å². The van der Waals surface area contributed by atoms with Gasteiger partial charge in [-0.25, -0.2) is 0 Å². The van der Waals surface area contributed by atoms with Crippen LogP contribution in [-0.2, 0) is 14.4 Å². The van der Waals surface area contributed by atoms with E-state index >= 15 is 0 Å². The van der Waals surface area contributed by atoms with Crippen LogP contribution in [0.1, 0.15) is 0 Å². The molecule has 1 N–H and O–H groups in total. The van der Waals surface area contributed by atoms with Crippen LogP contribution in [0.15, 0.2) is 42.5 Å². The van der Waals surface area contributed by atoms with Crippen molar-refractivity contribution in [1.82, 2.24) is 4.90 Å². The first-order valence-electron chi connectivity index (χ1n) is 9.91. The standard InChI is InChI=1S/C21H20N4O7S/c1-31-15-5-2-13(3-6-15)22-21(28)17-11-33-12-24(17)19(26)9-23-16-8-14(25(29)30)4-7-18(16)32-10-20(23)27/h2-8,17H,9-12H2,1H3,(H,22,28). The number of hydrogen-bond donors (Lipinski definition) is 1. The molecule has 4 rings (SSSR count). The SMILES string of the molecule is COc1ccc(NC(=O)C2CSCN2C(=O)CN2C(=O)COc3ccc([N+](=O)[O-])cc32)cc1. The number of methoxy groups -OCH3 is 1. The summed E-state index contributed by atoms with van der Waals surface area (Å²) in [7, 11) is 1.54. The molecule has 0 aliphatic carbocycles. The van der Waals surface area contributed by atoms with Crippen LogP contribution in [0.25, 0.3) is 0 Å². The first-order chi connectivity index (χ1) is 15.9. The molecule has 1 unspecified atom stereocenters. The van der Waals surface area contributed by atoms with Crippen molar-refractivity contribution in [3.8, 4) is 11.5 Å². The van der Waals surface area contributed by atoms with Gasteiger partial charge >= 0.3 is 0 Å². The molecule has 2 aromatic rings. The monoisotopic (exact) mass is 472 g/mol. The summed E-state index contributed by atoms with van der Waals surface area (Å²) in [6.07, 6.45) is 0. The highest BCUT2D eigenvalue weighted by atomic mass is 32.2. The molecule has 2 aromatic carbocycles. The van der Waals surface area contributed by atoms with Crippen LogP contribution in [0, 0.1) is 10.1 Å². The Morgan fingerprint density at radius 1 is 1.27 bits per heavy atom. The number of fused-ring (bicyclic) bond motifs is 1. The molecule has 1 fully saturated rings. The molecule has 2 aliphatic heterocycles. The van der Waals surface area contributed by atoms with Gasteiger partial charge in [0, 0.05) is 23.6 Å². The van der Waals surface area contributed by atoms with E-state index in [0.717, 1.165) is 4.90 Å². The number of nitrogens with zero attached hydrogens (tertiary/aromatic N) is 3. The van der Waals surface area contributed by atoms with E-state index in [4.69, 9.17) is 9.47 Å². The van der Waals surface area contributed by atoms with Gasteiger partial charge in [0.25, 0.3) is 11.6 Å². The molecule has 2 aliphatic rings. The van der Waals surface area contributed by atoms with E-state index in [1.54, 1.807) is 31.4 Å². The lowest BCUT2D eigenvalue weighted by molar-refractivity contribution is -0.384. The van der Waals surface area contributed by atoms with Crippen molar-refractivity contribution >= 4 is 46.5 Å². The van der Waals surface area contributed by atoms with Crippen molar-refractivity contribution in [2.24, 2.45) is 0 Å². The third-order valence-electron chi connectivity index (χ3n) is 5.25. The van der Waals surface area contributed by atoms with Gasteiger partial charge in [-0.15, -0.1) is 11.8 Å². The fourth-order valence-electron chi connectivity index (χ4n) is 3.51. The van der Waals surface area contributed by atoms with Gasteiger partial charge in [-0.1, -0.05) is 0 Å². The van der Waals surface area contributed by atoms with Crippen molar-refractivity contribution in [3.05, 3.63) is 52.6 Å². The number of anilines is 2. The fraction of sp³-hybridized carbons (Fsp3) is 0.286. The van der Waals surface area contributed by atoms with Crippen LogP contribution in [-0.4, -0.2) is 65.5 Å². The third kappa shape index (κ3) is 4.70. The molecule has 1 atom stereocenters. The van der Waals surface area contributed by atoms with Gasteiger partial charge in [0.1, 0.15) is 24.1 Å². The zero-order valence-corrected chi connectivity index (χ0v) is 18.4. The first-order valence-corrected chi connectivity index (χ1v) is 11.1. The number of benzene rings is 2. The molecule has 0 aromatic heterocycles. The highest BCUT2D eigenvalue weighted by molar-refractivity contribution is 7.99. The quantitative estimate of drug-likeness (QED) is 0.498. The zero-order chi connectivity index (χ0) is 23.5. The van der Waals surface area contributed by atoms with Crippen LogP contribution in [0.2, 0.25) is 0 Å². The summed E-state index contributed by atoms with van der Waals surface area (Å²) < 4.78 is 10.4. The number of nitro groups is 1. The lowest BCUT2D eigenvalue weighted by atomic mass is 10.2. The zero-order valence-electron chi connectivity index (χ0n) is 17.6. The van der Waals surface area contributed by atoms with Crippen LogP contribution in [0.5, 0.6) is 11.5 Å². The van der Waals surface area contributed by atoms with Gasteiger partial charge < -0.3 is 19.7 Å². The minimum absolute atomic E-state index is 0.153. The number of thioether (sulfide) groups is 1. The molecule has 0 radical (unpaired) electrons. The molecular formula is C21H20N4O7S. The Hall–Kier alpha value is -3.80. The number of nitro benzene ring substituents is 1. The van der Waals surface area contributed by atoms with Crippen molar-refractivity contribution in [2.45, 2.75) is 6.04 Å². The summed E-state index contributed by atoms with van der Waals surface area (Å²) in [4.78, 5) is 51.5. The molecule has 0 spiro atoms. The van der Waals surface area contributed by atoms with Crippen molar-refractivity contribution in [3.63, 3.8) is 0 Å². The van der Waals surface area contributed by atoms with Crippen LogP contribution >= 0.6 is 11.8 Å². The minimum Gasteiger partial charge on any atom is -0.497 e. The Balaban J connectivity index is 1.48. The van der Waals surface area contributed by atoms with Crippen LogP contribution in [0.4, 0.5) is 17.1 Å². The number of amides is 3. The Morgan fingerprint density at radius 3 is 2.73 bits per heavy atom. The number of rotatable bonds is 6. The predicted molar refractivity (Wildman–Crippen MR) is 121 cm³/mol. The molecule has 3 amide bonds. The first kappa shape index (κ1) is 22.4. The van der Waals surface area contributed by atoms with E-state index in [1.165, 1.54) is 34.9 Å². The Labute approximate surface area is 192 Å². The maximum atomic E-state index is 13.1. The maximum Gasteiger partial charge on any atom is 0.271 e. The van der Waals surface area contributed by atoms with Gasteiger partial charge in [0.05, 0.1) is 23.6 Å². The summed E-state index contributed by atoms with van der Waals surface area (Å²) in [5.74, 6) is 0.342. The van der Waals surface area contributed by atoms with E-state index in [0.29, 0.717) is 23.1 Å². The number of carbonyl (C=O) groups excluding carboxylic acids is 3. The summed E-state index contributed by atoms with van der Waals surface area (Å²) in [5, 5.41) is 13.9. The number of hydrogen-bond acceptors (Lipinski definition) is 8. The second kappa shape index (κ2) is 9.36. The molecule has 33 heavy (non-hydrogen) atoms. The third-order valence-corrected chi connectivity index (χ3v) is 6.26. The summed E-state index contributed by atoms with van der Waals surface area (Å²) in [5.41, 5.74) is 0.493. The van der Waals surface area contributed by atoms with E-state index < -0.39 is 22.8 Å². The number of nitrogens with one attached hydrogen (secondary N) is 1. The lowest BCUT2D eigenvalue weighted by Gasteiger charge is -2.31. The highest BCUT2D eigenvalue weighted by Gasteiger charge is 2.37. The number of non-ortho nitro benzene ring substituents is 1. The van der Waals surface area contributed by atoms with E-state index in [-0.39, 0.29) is 36.2 Å². The average molecular weight is 472 g/mol. The molecule has 2 heterocycles. The topological polar surface area (TPSA) is 131 Å². The van der Waals surface area contributed by atoms with Crippen LogP contribution < -0.4 is 19.7 Å². The molecule has 0 saturated carbocycles. The second-order valence-corrected chi connectivity index (χ2v) is 8.27. The Morgan fingerprint density at radius 2 is 2.03 bits per heavy atom. The molecule has 0 bridgehead atoms. The summed E-state index contributed by atoms with van der Waals surface area (Å²) >= 11 is 1.43. The second-order valence-electron chi connectivity index (χ2n) is 7.27. The van der Waals surface area contributed by atoms with Crippen molar-refractivity contribution < 1.29 is 28.8 Å². The molecular weight excluding hydrogens is 452 g/mol. The van der Waals surface area contributed by atoms with Gasteiger partial charge in [-0.05, 0) is 30.3 Å². The van der Waals surface area contributed by atoms with E-state index in [9.17, 15) is 24.5 Å². The fourth-order valence-corrected chi connectivity index (χ4v) is 4.69. The van der Waals surface area contributed by atoms with Crippen molar-refractivity contribution in [1.29, 1.82) is 0 Å². The van der Waals surface area contributed by atoms with E-state index in [2.05, 4.69) is 5.32 Å². The highest BCUT2D eigenvalue weighted by Crippen LogP contribution is 2.35. The van der Waals surface area contributed by atoms with Gasteiger partial charge in [-0.3, -0.25) is 29.4 Å². The largest absolute Gasteiger partial charge is 0.497 e. The van der Waals surface area contributed by atoms with Gasteiger partial charge in [-0.2, -0.15) is 0 Å². The Kier molecular flexibility index (Phi) is 6.36. The van der Waals surface area contributed by atoms with Gasteiger partial charge in [0.15, 0.2) is 6.61 Å². The maximum absolute atomic E-state index is 13.1. The number of carbonyl (C=O) groups is 3. The number of ether oxygens (including phenoxy) is 2. The van der Waals surface area contributed by atoms with Crippen LogP contribution in [0.3, 0.4) is 0 Å². The smallest absolute Gasteiger partial charge is 0.271 e. The molecule has 172 valence electrons. The average Bonchev–Trinajstić information content (AvgIpc) is 3.31. The lowest BCUT2D eigenvalue weighted by Crippen LogP contribution is -2.50. The predicted octanol–water partition coefficient (Wildman–Crippen LogP) is 1.87.